The Kier molecular flexibility index (Phi) is 8.05. The second kappa shape index (κ2) is 12.0. The predicted molar refractivity (Wildman–Crippen MR) is 152 cm³/mol. The van der Waals surface area contributed by atoms with Gasteiger partial charge in [0.05, 0.1) is 25.1 Å². The number of hydrogen-bond acceptors (Lipinski definition) is 7. The van der Waals surface area contributed by atoms with E-state index in [0.29, 0.717) is 36.4 Å². The summed E-state index contributed by atoms with van der Waals surface area (Å²) < 4.78 is 13.1. The van der Waals surface area contributed by atoms with Crippen molar-refractivity contribution < 1.29 is 29.3 Å². The molecule has 4 aromatic rings. The fourth-order valence-electron chi connectivity index (χ4n) is 5.00. The highest BCUT2D eigenvalue weighted by Gasteiger charge is 2.46. The summed E-state index contributed by atoms with van der Waals surface area (Å²) in [4.78, 5) is 32.1. The normalized spacial score (nSPS) is 16.2. The van der Waals surface area contributed by atoms with Gasteiger partial charge in [-0.2, -0.15) is 0 Å². The van der Waals surface area contributed by atoms with Gasteiger partial charge in [-0.3, -0.25) is 9.59 Å². The fraction of sp³-hybridized carbons (Fsp3) is 0.219. The molecule has 1 aliphatic rings. The van der Waals surface area contributed by atoms with E-state index in [1.807, 2.05) is 42.0 Å². The summed E-state index contributed by atoms with van der Waals surface area (Å²) in [6.07, 6.45) is 5.74. The zero-order valence-corrected chi connectivity index (χ0v) is 22.9. The SMILES string of the molecule is COc1cc([C@@H]2C(=C(O)c3ccc(OCc4cccc(C)c4)cc3)C(=O)C(=O)N2CCCn2ccnc2)ccc1O. The van der Waals surface area contributed by atoms with Crippen LogP contribution in [0.3, 0.4) is 0 Å². The molecule has 1 aliphatic heterocycles. The first-order chi connectivity index (χ1) is 19.9. The highest BCUT2D eigenvalue weighted by Crippen LogP contribution is 2.42. The minimum absolute atomic E-state index is 0.0289. The minimum Gasteiger partial charge on any atom is -0.507 e. The molecule has 1 amide bonds. The van der Waals surface area contributed by atoms with Gasteiger partial charge in [0, 0.05) is 31.0 Å². The number of phenols is 1. The van der Waals surface area contributed by atoms with Crippen molar-refractivity contribution in [3.8, 4) is 17.2 Å². The third kappa shape index (κ3) is 5.94. The number of methoxy groups -OCH3 is 1. The average Bonchev–Trinajstić information content (AvgIpc) is 3.59. The Labute approximate surface area is 237 Å². The average molecular weight is 554 g/mol. The lowest BCUT2D eigenvalue weighted by atomic mass is 9.95. The molecule has 2 N–H and O–H groups in total. The number of Topliss-reactive ketones (excluding diaryl/α,β-unsaturated/α-hetero) is 1. The van der Waals surface area contributed by atoms with E-state index < -0.39 is 17.7 Å². The predicted octanol–water partition coefficient (Wildman–Crippen LogP) is 5.00. The van der Waals surface area contributed by atoms with Crippen LogP contribution in [0.15, 0.2) is 91.0 Å². The van der Waals surface area contributed by atoms with Crippen molar-refractivity contribution in [1.82, 2.24) is 14.5 Å². The summed E-state index contributed by atoms with van der Waals surface area (Å²) >= 11 is 0. The van der Waals surface area contributed by atoms with E-state index in [4.69, 9.17) is 9.47 Å². The van der Waals surface area contributed by atoms with Gasteiger partial charge in [0.1, 0.15) is 18.1 Å². The van der Waals surface area contributed by atoms with Gasteiger partial charge in [-0.15, -0.1) is 0 Å². The monoisotopic (exact) mass is 553 g/mol. The van der Waals surface area contributed by atoms with Crippen molar-refractivity contribution in [1.29, 1.82) is 0 Å². The number of hydrogen-bond donors (Lipinski definition) is 2. The Morgan fingerprint density at radius 3 is 2.54 bits per heavy atom. The number of imidazole rings is 1. The van der Waals surface area contributed by atoms with Crippen molar-refractivity contribution in [2.75, 3.05) is 13.7 Å². The van der Waals surface area contributed by atoms with Gasteiger partial charge in [-0.25, -0.2) is 4.98 Å². The molecule has 9 heteroatoms. The van der Waals surface area contributed by atoms with Crippen LogP contribution in [0.5, 0.6) is 17.2 Å². The Morgan fingerprint density at radius 1 is 1.02 bits per heavy atom. The number of amides is 1. The van der Waals surface area contributed by atoms with Gasteiger partial charge in [-0.1, -0.05) is 35.9 Å². The fourth-order valence-corrected chi connectivity index (χ4v) is 5.00. The van der Waals surface area contributed by atoms with E-state index in [-0.39, 0.29) is 29.4 Å². The number of benzene rings is 3. The number of aromatic hydroxyl groups is 1. The van der Waals surface area contributed by atoms with Crippen molar-refractivity contribution in [2.45, 2.75) is 32.5 Å². The number of aliphatic hydroxyl groups excluding tert-OH is 1. The molecular weight excluding hydrogens is 522 g/mol. The van der Waals surface area contributed by atoms with Crippen LogP contribution in [-0.2, 0) is 22.7 Å². The molecular formula is C32H31N3O6. The van der Waals surface area contributed by atoms with E-state index in [2.05, 4.69) is 4.98 Å². The molecule has 5 rings (SSSR count). The van der Waals surface area contributed by atoms with Crippen molar-refractivity contribution in [2.24, 2.45) is 0 Å². The number of aromatic nitrogens is 2. The summed E-state index contributed by atoms with van der Waals surface area (Å²) in [6, 6.07) is 18.5. The molecule has 0 bridgehead atoms. The van der Waals surface area contributed by atoms with E-state index in [1.54, 1.807) is 48.9 Å². The van der Waals surface area contributed by atoms with Crippen LogP contribution < -0.4 is 9.47 Å². The number of ether oxygens (including phenoxy) is 2. The van der Waals surface area contributed by atoms with E-state index >= 15 is 0 Å². The van der Waals surface area contributed by atoms with Crippen molar-refractivity contribution >= 4 is 17.4 Å². The van der Waals surface area contributed by atoms with Crippen LogP contribution in [0.4, 0.5) is 0 Å². The maximum Gasteiger partial charge on any atom is 0.295 e. The van der Waals surface area contributed by atoms with Gasteiger partial charge in [0.15, 0.2) is 11.5 Å². The standard InChI is InChI=1S/C32H31N3O6/c1-21-5-3-6-22(17-21)19-41-25-10-7-23(8-11-25)30(37)28-29(24-9-12-26(36)27(18-24)40-2)35(32(39)31(28)38)15-4-14-34-16-13-33-20-34/h3,5-13,16-18,20,29,36-37H,4,14-15,19H2,1-2H3/t29-/m1/s1. The van der Waals surface area contributed by atoms with Crippen molar-refractivity contribution in [3.05, 3.63) is 113 Å². The number of aliphatic hydroxyl groups is 1. The molecule has 0 aliphatic carbocycles. The Hall–Kier alpha value is -5.05. The van der Waals surface area contributed by atoms with Crippen LogP contribution in [0, 0.1) is 6.92 Å². The van der Waals surface area contributed by atoms with Crippen LogP contribution in [0.2, 0.25) is 0 Å². The molecule has 1 atom stereocenters. The molecule has 1 fully saturated rings. The zero-order chi connectivity index (χ0) is 28.9. The van der Waals surface area contributed by atoms with Crippen LogP contribution in [-0.4, -0.2) is 50.0 Å². The topological polar surface area (TPSA) is 114 Å². The summed E-state index contributed by atoms with van der Waals surface area (Å²) in [5.41, 5.74) is 3.06. The number of nitrogens with zero attached hydrogens (tertiary/aromatic N) is 3. The Balaban J connectivity index is 1.44. The maximum absolute atomic E-state index is 13.4. The lowest BCUT2D eigenvalue weighted by molar-refractivity contribution is -0.139. The molecule has 0 unspecified atom stereocenters. The lowest BCUT2D eigenvalue weighted by Gasteiger charge is -2.26. The number of likely N-dealkylation sites (tertiary alicyclic amines) is 1. The quantitative estimate of drug-likeness (QED) is 0.161. The third-order valence-corrected chi connectivity index (χ3v) is 7.05. The zero-order valence-electron chi connectivity index (χ0n) is 22.9. The molecule has 1 aromatic heterocycles. The number of phenolic OH excluding ortho intramolecular Hbond substituents is 1. The summed E-state index contributed by atoms with van der Waals surface area (Å²) in [5, 5.41) is 21.5. The number of aryl methyl sites for hydroxylation is 2. The highest BCUT2D eigenvalue weighted by molar-refractivity contribution is 6.46. The van der Waals surface area contributed by atoms with Gasteiger partial charge in [0.25, 0.3) is 11.7 Å². The molecule has 210 valence electrons. The Bertz CT molecular complexity index is 1580. The Morgan fingerprint density at radius 2 is 1.83 bits per heavy atom. The summed E-state index contributed by atoms with van der Waals surface area (Å²) in [6.45, 7) is 3.27. The van der Waals surface area contributed by atoms with E-state index in [1.165, 1.54) is 18.1 Å². The molecule has 0 saturated carbocycles. The molecule has 1 saturated heterocycles. The molecule has 2 heterocycles. The molecule has 0 spiro atoms. The van der Waals surface area contributed by atoms with E-state index in [9.17, 15) is 19.8 Å². The molecule has 3 aromatic carbocycles. The first kappa shape index (κ1) is 27.5. The van der Waals surface area contributed by atoms with E-state index in [0.717, 1.165) is 11.1 Å². The summed E-state index contributed by atoms with van der Waals surface area (Å²) in [7, 11) is 1.42. The van der Waals surface area contributed by atoms with Gasteiger partial charge in [-0.05, 0) is 60.9 Å². The second-order valence-electron chi connectivity index (χ2n) is 9.88. The number of ketones is 1. The largest absolute Gasteiger partial charge is 0.507 e. The number of rotatable bonds is 10. The number of carbonyl (C=O) groups excluding carboxylic acids is 2. The van der Waals surface area contributed by atoms with Crippen LogP contribution >= 0.6 is 0 Å². The summed E-state index contributed by atoms with van der Waals surface area (Å²) in [5.74, 6) is -1.05. The molecule has 9 nitrogen and oxygen atoms in total. The van der Waals surface area contributed by atoms with Gasteiger partial charge >= 0.3 is 0 Å². The van der Waals surface area contributed by atoms with Crippen LogP contribution in [0.1, 0.15) is 34.7 Å². The van der Waals surface area contributed by atoms with Crippen LogP contribution in [0.25, 0.3) is 5.76 Å². The lowest BCUT2D eigenvalue weighted by Crippen LogP contribution is -2.31. The van der Waals surface area contributed by atoms with Crippen molar-refractivity contribution in [3.63, 3.8) is 0 Å². The van der Waals surface area contributed by atoms with Gasteiger partial charge < -0.3 is 29.2 Å². The highest BCUT2D eigenvalue weighted by atomic mass is 16.5. The maximum atomic E-state index is 13.4. The van der Waals surface area contributed by atoms with Gasteiger partial charge in [0.2, 0.25) is 0 Å². The first-order valence-corrected chi connectivity index (χ1v) is 13.3. The minimum atomic E-state index is -0.871. The smallest absolute Gasteiger partial charge is 0.295 e. The third-order valence-electron chi connectivity index (χ3n) is 7.05. The number of carbonyl (C=O) groups is 2. The molecule has 41 heavy (non-hydrogen) atoms. The first-order valence-electron chi connectivity index (χ1n) is 13.3. The second-order valence-corrected chi connectivity index (χ2v) is 9.88. The molecule has 0 radical (unpaired) electrons.